The van der Waals surface area contributed by atoms with Gasteiger partial charge in [-0.2, -0.15) is 0 Å². The van der Waals surface area contributed by atoms with Crippen LogP contribution in [0.15, 0.2) is 18.5 Å². The van der Waals surface area contributed by atoms with Crippen molar-refractivity contribution in [1.29, 1.82) is 0 Å². The van der Waals surface area contributed by atoms with Crippen molar-refractivity contribution in [3.05, 3.63) is 24.0 Å². The van der Waals surface area contributed by atoms with Crippen LogP contribution in [0.2, 0.25) is 0 Å². The zero-order valence-electron chi connectivity index (χ0n) is 12.5. The molecule has 108 valence electrons. The molecular formula is C15H27N3O. The molecule has 0 fully saturated rings. The molecule has 0 aliphatic rings. The van der Waals surface area contributed by atoms with Gasteiger partial charge in [0.2, 0.25) is 5.91 Å². The highest BCUT2D eigenvalue weighted by Crippen LogP contribution is 2.15. The Morgan fingerprint density at radius 3 is 2.68 bits per heavy atom. The lowest BCUT2D eigenvalue weighted by Gasteiger charge is -2.17. The maximum atomic E-state index is 11.9. The maximum absolute atomic E-state index is 11.9. The molecule has 4 nitrogen and oxygen atoms in total. The fourth-order valence-corrected chi connectivity index (χ4v) is 1.89. The smallest absolute Gasteiger partial charge is 0.240 e. The number of nitrogens with two attached hydrogens (primary N) is 1. The van der Waals surface area contributed by atoms with E-state index < -0.39 is 0 Å². The number of hydrogen-bond donors (Lipinski definition) is 2. The van der Waals surface area contributed by atoms with E-state index in [4.69, 9.17) is 5.73 Å². The zero-order chi connectivity index (χ0) is 14.4. The Labute approximate surface area is 116 Å². The van der Waals surface area contributed by atoms with Gasteiger partial charge in [0.25, 0.3) is 0 Å². The second kappa shape index (κ2) is 7.34. The van der Waals surface area contributed by atoms with Gasteiger partial charge < -0.3 is 15.6 Å². The third kappa shape index (κ3) is 5.07. The third-order valence-corrected chi connectivity index (χ3v) is 3.52. The zero-order valence-corrected chi connectivity index (χ0v) is 12.5. The fraction of sp³-hybridized carbons (Fsp3) is 0.667. The fourth-order valence-electron chi connectivity index (χ4n) is 1.89. The van der Waals surface area contributed by atoms with Crippen LogP contribution in [0, 0.1) is 5.92 Å². The average molecular weight is 265 g/mol. The quantitative estimate of drug-likeness (QED) is 0.795. The lowest BCUT2D eigenvalue weighted by atomic mass is 10.1. The van der Waals surface area contributed by atoms with E-state index in [2.05, 4.69) is 26.1 Å². The van der Waals surface area contributed by atoms with Crippen LogP contribution in [-0.4, -0.2) is 16.5 Å². The van der Waals surface area contributed by atoms with Crippen LogP contribution in [0.5, 0.6) is 0 Å². The number of carbonyl (C=O) groups is 1. The molecule has 1 amide bonds. The van der Waals surface area contributed by atoms with Crippen LogP contribution >= 0.6 is 0 Å². The Hall–Kier alpha value is -1.29. The summed E-state index contributed by atoms with van der Waals surface area (Å²) in [5.41, 5.74) is 7.16. The number of nitrogens with zero attached hydrogens (tertiary/aromatic N) is 1. The van der Waals surface area contributed by atoms with Crippen molar-refractivity contribution in [1.82, 2.24) is 9.88 Å². The molecular weight excluding hydrogens is 238 g/mol. The second-order valence-electron chi connectivity index (χ2n) is 5.61. The summed E-state index contributed by atoms with van der Waals surface area (Å²) in [6.07, 6.45) is 5.93. The molecule has 0 bridgehead atoms. The van der Waals surface area contributed by atoms with Gasteiger partial charge in [0.1, 0.15) is 6.54 Å². The average Bonchev–Trinajstić information content (AvgIpc) is 2.77. The predicted molar refractivity (Wildman–Crippen MR) is 78.7 cm³/mol. The van der Waals surface area contributed by atoms with Crippen LogP contribution in [0.4, 0.5) is 0 Å². The molecule has 3 N–H and O–H groups in total. The van der Waals surface area contributed by atoms with Crippen LogP contribution in [-0.2, 0) is 11.3 Å². The molecule has 0 spiro atoms. The topological polar surface area (TPSA) is 60.0 Å². The first-order valence-electron chi connectivity index (χ1n) is 7.14. The molecule has 2 atom stereocenters. The van der Waals surface area contributed by atoms with E-state index in [0.717, 1.165) is 18.4 Å². The van der Waals surface area contributed by atoms with Gasteiger partial charge in [-0.05, 0) is 30.9 Å². The summed E-state index contributed by atoms with van der Waals surface area (Å²) in [6.45, 7) is 8.71. The van der Waals surface area contributed by atoms with Gasteiger partial charge in [0.05, 0.1) is 0 Å². The highest BCUT2D eigenvalue weighted by molar-refractivity contribution is 5.76. The summed E-state index contributed by atoms with van der Waals surface area (Å²) in [6, 6.07) is 2.27. The number of nitrogens with one attached hydrogen (secondary N) is 1. The van der Waals surface area contributed by atoms with Gasteiger partial charge in [-0.15, -0.1) is 0 Å². The standard InChI is InChI=1S/C15H27N3O/c1-5-6-14(16)13-7-8-18(9-13)10-15(19)17-12(4)11(2)3/h7-9,11-12,14H,5-6,10,16H2,1-4H3,(H,17,19). The van der Waals surface area contributed by atoms with E-state index in [-0.39, 0.29) is 18.0 Å². The van der Waals surface area contributed by atoms with Crippen LogP contribution in [0.3, 0.4) is 0 Å². The molecule has 1 aromatic rings. The minimum Gasteiger partial charge on any atom is -0.352 e. The number of aromatic nitrogens is 1. The van der Waals surface area contributed by atoms with E-state index >= 15 is 0 Å². The summed E-state index contributed by atoms with van der Waals surface area (Å²) in [4.78, 5) is 11.9. The number of amides is 1. The van der Waals surface area contributed by atoms with E-state index in [0.29, 0.717) is 12.5 Å². The third-order valence-electron chi connectivity index (χ3n) is 3.52. The van der Waals surface area contributed by atoms with E-state index in [1.165, 1.54) is 0 Å². The molecule has 0 aliphatic carbocycles. The van der Waals surface area contributed by atoms with Crippen molar-refractivity contribution >= 4 is 5.91 Å². The molecule has 1 aromatic heterocycles. The summed E-state index contributed by atoms with van der Waals surface area (Å²) in [5.74, 6) is 0.495. The molecule has 4 heteroatoms. The van der Waals surface area contributed by atoms with Crippen molar-refractivity contribution in [2.75, 3.05) is 0 Å². The first-order chi connectivity index (χ1) is 8.93. The Morgan fingerprint density at radius 2 is 2.11 bits per heavy atom. The molecule has 2 unspecified atom stereocenters. The Kier molecular flexibility index (Phi) is 6.09. The van der Waals surface area contributed by atoms with Gasteiger partial charge in [-0.1, -0.05) is 27.2 Å². The summed E-state index contributed by atoms with van der Waals surface area (Å²) in [7, 11) is 0. The number of carbonyl (C=O) groups excluding carboxylic acids is 1. The summed E-state index contributed by atoms with van der Waals surface area (Å²) in [5, 5.41) is 3.00. The molecule has 0 saturated heterocycles. The first-order valence-corrected chi connectivity index (χ1v) is 7.14. The lowest BCUT2D eigenvalue weighted by molar-refractivity contribution is -0.122. The first kappa shape index (κ1) is 15.8. The van der Waals surface area contributed by atoms with Gasteiger partial charge >= 0.3 is 0 Å². The minimum absolute atomic E-state index is 0.0485. The van der Waals surface area contributed by atoms with Crippen molar-refractivity contribution < 1.29 is 4.79 Å². The molecule has 0 aromatic carbocycles. The van der Waals surface area contributed by atoms with E-state index in [1.807, 2.05) is 30.0 Å². The Balaban J connectivity index is 2.51. The lowest BCUT2D eigenvalue weighted by Crippen LogP contribution is -2.37. The van der Waals surface area contributed by atoms with Crippen LogP contribution in [0.1, 0.15) is 52.1 Å². The van der Waals surface area contributed by atoms with Gasteiger partial charge in [-0.3, -0.25) is 4.79 Å². The SMILES string of the molecule is CCCC(N)c1ccn(CC(=O)NC(C)C(C)C)c1. The van der Waals surface area contributed by atoms with Gasteiger partial charge in [0.15, 0.2) is 0 Å². The number of hydrogen-bond acceptors (Lipinski definition) is 2. The van der Waals surface area contributed by atoms with Crippen LogP contribution < -0.4 is 11.1 Å². The molecule has 0 aliphatic heterocycles. The van der Waals surface area contributed by atoms with Crippen molar-refractivity contribution in [2.45, 2.75) is 59.2 Å². The second-order valence-corrected chi connectivity index (χ2v) is 5.61. The molecule has 0 radical (unpaired) electrons. The minimum atomic E-state index is 0.0485. The molecule has 1 rings (SSSR count). The van der Waals surface area contributed by atoms with Crippen LogP contribution in [0.25, 0.3) is 0 Å². The van der Waals surface area contributed by atoms with Crippen molar-refractivity contribution in [2.24, 2.45) is 11.7 Å². The summed E-state index contributed by atoms with van der Waals surface area (Å²) < 4.78 is 1.90. The largest absolute Gasteiger partial charge is 0.352 e. The van der Waals surface area contributed by atoms with Gasteiger partial charge in [0, 0.05) is 24.5 Å². The summed E-state index contributed by atoms with van der Waals surface area (Å²) >= 11 is 0. The molecule has 0 saturated carbocycles. The van der Waals surface area contributed by atoms with E-state index in [9.17, 15) is 4.79 Å². The highest BCUT2D eigenvalue weighted by Gasteiger charge is 2.12. The normalized spacial score (nSPS) is 14.4. The highest BCUT2D eigenvalue weighted by atomic mass is 16.2. The van der Waals surface area contributed by atoms with Crippen molar-refractivity contribution in [3.63, 3.8) is 0 Å². The number of rotatable bonds is 7. The molecule has 19 heavy (non-hydrogen) atoms. The monoisotopic (exact) mass is 265 g/mol. The maximum Gasteiger partial charge on any atom is 0.240 e. The Bertz CT molecular complexity index is 398. The Morgan fingerprint density at radius 1 is 1.42 bits per heavy atom. The molecule has 1 heterocycles. The van der Waals surface area contributed by atoms with Crippen molar-refractivity contribution in [3.8, 4) is 0 Å². The predicted octanol–water partition coefficient (Wildman–Crippen LogP) is 2.45. The van der Waals surface area contributed by atoms with Gasteiger partial charge in [-0.25, -0.2) is 0 Å². The van der Waals surface area contributed by atoms with E-state index in [1.54, 1.807) is 0 Å².